The van der Waals surface area contributed by atoms with Gasteiger partial charge in [-0.2, -0.15) is 0 Å². The van der Waals surface area contributed by atoms with Crippen molar-refractivity contribution in [3.63, 3.8) is 0 Å². The summed E-state index contributed by atoms with van der Waals surface area (Å²) in [5, 5.41) is 10.2. The van der Waals surface area contributed by atoms with Crippen LogP contribution in [0.15, 0.2) is 78.9 Å². The third-order valence-corrected chi connectivity index (χ3v) is 8.03. The number of fused-ring (bicyclic) bond motifs is 2. The number of β-amino-alcohol motifs (C(OH)–C–C–N with tert-alkyl or cyclic N) is 1. The highest BCUT2D eigenvalue weighted by Gasteiger charge is 2.71. The molecule has 1 N–H and O–H groups in total. The summed E-state index contributed by atoms with van der Waals surface area (Å²) in [4.78, 5) is 46.7. The number of para-hydroxylation sites is 2. The maximum Gasteiger partial charge on any atom is 0.253 e. The lowest BCUT2D eigenvalue weighted by Gasteiger charge is -2.35. The molecule has 2 saturated heterocycles. The first-order valence-electron chi connectivity index (χ1n) is 12.3. The van der Waals surface area contributed by atoms with Gasteiger partial charge in [0.15, 0.2) is 0 Å². The number of aliphatic hydroxyl groups is 1. The number of hydrogen-bond donors (Lipinski definition) is 1. The lowest BCUT2D eigenvalue weighted by Crippen LogP contribution is -2.55. The van der Waals surface area contributed by atoms with Crippen LogP contribution in [0.2, 0.25) is 5.02 Å². The van der Waals surface area contributed by atoms with Gasteiger partial charge in [-0.1, -0.05) is 66.2 Å². The van der Waals surface area contributed by atoms with Crippen LogP contribution >= 0.6 is 11.6 Å². The van der Waals surface area contributed by atoms with E-state index in [0.717, 1.165) is 5.69 Å². The molecule has 0 saturated carbocycles. The van der Waals surface area contributed by atoms with E-state index in [1.165, 1.54) is 9.80 Å². The number of aliphatic hydroxyl groups excluding tert-OH is 1. The minimum absolute atomic E-state index is 0.0507. The Morgan fingerprint density at radius 2 is 1.65 bits per heavy atom. The molecule has 0 bridgehead atoms. The number of likely N-dealkylation sites (tertiary alicyclic amines) is 1. The Labute approximate surface area is 219 Å². The number of rotatable bonds is 4. The molecule has 0 radical (unpaired) electrons. The average molecular weight is 520 g/mol. The molecular formula is C28H26ClN3O5. The topological polar surface area (TPSA) is 90.4 Å². The predicted octanol–water partition coefficient (Wildman–Crippen LogP) is 2.42. The number of benzene rings is 2. The molecule has 2 fully saturated rings. The van der Waals surface area contributed by atoms with E-state index in [1.54, 1.807) is 41.3 Å². The Kier molecular flexibility index (Phi) is 5.90. The van der Waals surface area contributed by atoms with Crippen LogP contribution in [0.1, 0.15) is 0 Å². The molecule has 1 spiro atoms. The Bertz CT molecular complexity index is 1310. The number of carbonyl (C=O) groups excluding carboxylic acids is 3. The maximum absolute atomic E-state index is 14.1. The molecule has 8 nitrogen and oxygen atoms in total. The van der Waals surface area contributed by atoms with E-state index in [9.17, 15) is 19.5 Å². The summed E-state index contributed by atoms with van der Waals surface area (Å²) >= 11 is 6.44. The Balaban J connectivity index is 1.45. The van der Waals surface area contributed by atoms with Crippen molar-refractivity contribution in [1.82, 2.24) is 4.90 Å². The quantitative estimate of drug-likeness (QED) is 0.627. The van der Waals surface area contributed by atoms with Gasteiger partial charge < -0.3 is 24.5 Å². The van der Waals surface area contributed by atoms with E-state index >= 15 is 0 Å². The fourth-order valence-corrected chi connectivity index (χ4v) is 6.45. The molecule has 0 aliphatic carbocycles. The SMILES string of the molecule is O=C1[C@@H]2[C@H](C=CCN1c1ccccc1)O[C@]13C=CCN(c4ccccc4Cl)C(=O)C1N(CCO)C(=O)[C@H]23. The zero-order chi connectivity index (χ0) is 25.7. The summed E-state index contributed by atoms with van der Waals surface area (Å²) in [6.07, 6.45) is 6.61. The summed E-state index contributed by atoms with van der Waals surface area (Å²) in [5.41, 5.74) is -0.103. The van der Waals surface area contributed by atoms with E-state index in [-0.39, 0.29) is 37.4 Å². The highest BCUT2D eigenvalue weighted by Crippen LogP contribution is 2.53. The first-order chi connectivity index (χ1) is 18.0. The summed E-state index contributed by atoms with van der Waals surface area (Å²) < 4.78 is 6.58. The zero-order valence-corrected chi connectivity index (χ0v) is 20.7. The monoisotopic (exact) mass is 519 g/mol. The van der Waals surface area contributed by atoms with Gasteiger partial charge in [0.25, 0.3) is 5.91 Å². The third kappa shape index (κ3) is 3.54. The minimum atomic E-state index is -1.35. The van der Waals surface area contributed by atoms with Crippen LogP contribution in [0.25, 0.3) is 0 Å². The van der Waals surface area contributed by atoms with E-state index in [4.69, 9.17) is 16.3 Å². The van der Waals surface area contributed by atoms with Crippen molar-refractivity contribution >= 4 is 40.7 Å². The molecule has 9 heteroatoms. The van der Waals surface area contributed by atoms with Gasteiger partial charge in [0, 0.05) is 25.3 Å². The van der Waals surface area contributed by atoms with Crippen molar-refractivity contribution in [2.45, 2.75) is 17.7 Å². The number of hydrogen-bond acceptors (Lipinski definition) is 5. The molecule has 6 rings (SSSR count). The van der Waals surface area contributed by atoms with Crippen LogP contribution in [0.5, 0.6) is 0 Å². The zero-order valence-electron chi connectivity index (χ0n) is 19.9. The van der Waals surface area contributed by atoms with Crippen molar-refractivity contribution < 1.29 is 24.2 Å². The number of ether oxygens (including phenoxy) is 1. The first kappa shape index (κ1) is 23.9. The lowest BCUT2D eigenvalue weighted by atomic mass is 9.77. The van der Waals surface area contributed by atoms with Crippen molar-refractivity contribution in [3.05, 3.63) is 83.9 Å². The first-order valence-corrected chi connectivity index (χ1v) is 12.7. The summed E-state index contributed by atoms with van der Waals surface area (Å²) in [5.74, 6) is -2.70. The van der Waals surface area contributed by atoms with Gasteiger partial charge >= 0.3 is 0 Å². The van der Waals surface area contributed by atoms with E-state index in [1.807, 2.05) is 42.5 Å². The number of halogens is 1. The maximum atomic E-state index is 14.1. The van der Waals surface area contributed by atoms with Gasteiger partial charge in [-0.05, 0) is 24.3 Å². The molecule has 2 aromatic carbocycles. The minimum Gasteiger partial charge on any atom is -0.395 e. The van der Waals surface area contributed by atoms with Crippen molar-refractivity contribution in [2.75, 3.05) is 36.0 Å². The Morgan fingerprint density at radius 3 is 2.41 bits per heavy atom. The predicted molar refractivity (Wildman–Crippen MR) is 138 cm³/mol. The van der Waals surface area contributed by atoms with Crippen molar-refractivity contribution in [2.24, 2.45) is 11.8 Å². The van der Waals surface area contributed by atoms with Crippen LogP contribution < -0.4 is 9.80 Å². The fourth-order valence-electron chi connectivity index (χ4n) is 6.21. The Morgan fingerprint density at radius 1 is 0.919 bits per heavy atom. The Hall–Kier alpha value is -3.46. The standard InChI is InChI=1S/C28H26ClN3O5/c29-19-10-4-5-11-20(19)31-15-7-13-28-23(26(35)32(16-17-33)24(28)27(31)36)22-21(37-28)12-6-14-30(25(22)34)18-8-2-1-3-9-18/h1-13,21-24,33H,14-17H2/t21-,22+,23-,24?,28-/m0/s1. The van der Waals surface area contributed by atoms with Crippen LogP contribution in [0.4, 0.5) is 11.4 Å². The molecule has 2 aromatic rings. The number of carbonyl (C=O) groups is 3. The molecule has 5 atom stereocenters. The van der Waals surface area contributed by atoms with Gasteiger partial charge in [-0.15, -0.1) is 0 Å². The molecule has 1 unspecified atom stereocenters. The third-order valence-electron chi connectivity index (χ3n) is 7.71. The fraction of sp³-hybridized carbons (Fsp3) is 0.321. The largest absolute Gasteiger partial charge is 0.395 e. The molecule has 190 valence electrons. The second-order valence-electron chi connectivity index (χ2n) is 9.61. The van der Waals surface area contributed by atoms with Gasteiger partial charge in [0.1, 0.15) is 11.6 Å². The second-order valence-corrected chi connectivity index (χ2v) is 10.0. The normalized spacial score (nSPS) is 30.8. The highest BCUT2D eigenvalue weighted by molar-refractivity contribution is 6.34. The smallest absolute Gasteiger partial charge is 0.253 e. The van der Waals surface area contributed by atoms with Crippen molar-refractivity contribution in [3.8, 4) is 0 Å². The van der Waals surface area contributed by atoms with E-state index in [2.05, 4.69) is 0 Å². The molecule has 0 aromatic heterocycles. The van der Waals surface area contributed by atoms with Gasteiger partial charge in [0.05, 0.1) is 35.3 Å². The number of nitrogens with zero attached hydrogens (tertiary/aromatic N) is 3. The van der Waals surface area contributed by atoms with E-state index in [0.29, 0.717) is 17.3 Å². The van der Waals surface area contributed by atoms with Gasteiger partial charge in [-0.25, -0.2) is 0 Å². The number of anilines is 2. The summed E-state index contributed by atoms with van der Waals surface area (Å²) in [6, 6.07) is 15.3. The van der Waals surface area contributed by atoms with Crippen LogP contribution in [0.3, 0.4) is 0 Å². The molecule has 4 heterocycles. The molecule has 37 heavy (non-hydrogen) atoms. The van der Waals surface area contributed by atoms with Gasteiger partial charge in [0.2, 0.25) is 11.8 Å². The van der Waals surface area contributed by atoms with Crippen LogP contribution in [0, 0.1) is 11.8 Å². The number of amides is 3. The van der Waals surface area contributed by atoms with Crippen LogP contribution in [-0.4, -0.2) is 71.7 Å². The lowest BCUT2D eigenvalue weighted by molar-refractivity contribution is -0.141. The molecule has 4 aliphatic rings. The van der Waals surface area contributed by atoms with E-state index < -0.39 is 29.6 Å². The van der Waals surface area contributed by atoms with Crippen LogP contribution in [-0.2, 0) is 19.1 Å². The highest BCUT2D eigenvalue weighted by atomic mass is 35.5. The van der Waals surface area contributed by atoms with Gasteiger partial charge in [-0.3, -0.25) is 14.4 Å². The molecule has 4 aliphatic heterocycles. The van der Waals surface area contributed by atoms with Crippen molar-refractivity contribution in [1.29, 1.82) is 0 Å². The second kappa shape index (κ2) is 9.13. The average Bonchev–Trinajstić information content (AvgIpc) is 3.20. The molecular weight excluding hydrogens is 494 g/mol. The summed E-state index contributed by atoms with van der Waals surface area (Å²) in [6.45, 7) is 0.205. The summed E-state index contributed by atoms with van der Waals surface area (Å²) in [7, 11) is 0. The molecule has 3 amide bonds.